The summed E-state index contributed by atoms with van der Waals surface area (Å²) in [5.41, 5.74) is 1.78. The first kappa shape index (κ1) is 20.2. The Morgan fingerprint density at radius 1 is 1.23 bits per heavy atom. The van der Waals surface area contributed by atoms with Crippen molar-refractivity contribution in [2.45, 2.75) is 35.8 Å². The highest BCUT2D eigenvalue weighted by atomic mass is 32.2. The Balaban J connectivity index is 1.70. The van der Waals surface area contributed by atoms with Crippen LogP contribution in [0.3, 0.4) is 0 Å². The lowest BCUT2D eigenvalue weighted by molar-refractivity contribution is -0.120. The van der Waals surface area contributed by atoms with Gasteiger partial charge in [0, 0.05) is 12.6 Å². The monoisotopic (exact) mass is 420 g/mol. The maximum atomic E-state index is 13.0. The van der Waals surface area contributed by atoms with Gasteiger partial charge in [-0.1, -0.05) is 60.3 Å². The number of ether oxygens (including phenoxy) is 1. The first-order chi connectivity index (χ1) is 14.7. The maximum Gasteiger partial charge on any atom is 0.238 e. The molecule has 6 nitrogen and oxygen atoms in total. The number of thioether (sulfide) groups is 1. The summed E-state index contributed by atoms with van der Waals surface area (Å²) in [6, 6.07) is 17.8. The van der Waals surface area contributed by atoms with Gasteiger partial charge in [-0.2, -0.15) is 0 Å². The second-order valence-corrected chi connectivity index (χ2v) is 8.17. The molecule has 0 spiro atoms. The number of aromatic nitrogens is 3. The number of rotatable bonds is 9. The van der Waals surface area contributed by atoms with Gasteiger partial charge in [-0.05, 0) is 30.5 Å². The highest BCUT2D eigenvalue weighted by molar-refractivity contribution is 8.00. The molecule has 1 aromatic heterocycles. The number of para-hydroxylation sites is 1. The van der Waals surface area contributed by atoms with Gasteiger partial charge >= 0.3 is 0 Å². The van der Waals surface area contributed by atoms with Gasteiger partial charge < -0.3 is 10.1 Å². The normalized spacial score (nSPS) is 14.2. The van der Waals surface area contributed by atoms with Gasteiger partial charge in [0.1, 0.15) is 11.0 Å². The molecule has 30 heavy (non-hydrogen) atoms. The lowest BCUT2D eigenvalue weighted by atomic mass is 10.1. The average molecular weight is 421 g/mol. The van der Waals surface area contributed by atoms with Crippen molar-refractivity contribution in [2.75, 3.05) is 7.11 Å². The molecule has 1 aliphatic rings. The number of benzene rings is 2. The second-order valence-electron chi connectivity index (χ2n) is 7.10. The van der Waals surface area contributed by atoms with Gasteiger partial charge in [0.25, 0.3) is 0 Å². The Hall–Kier alpha value is -3.06. The van der Waals surface area contributed by atoms with E-state index in [0.29, 0.717) is 23.6 Å². The van der Waals surface area contributed by atoms with E-state index in [0.717, 1.165) is 29.7 Å². The molecule has 2 aromatic carbocycles. The molecule has 0 bridgehead atoms. The molecule has 7 heteroatoms. The number of amides is 1. The zero-order chi connectivity index (χ0) is 20.9. The van der Waals surface area contributed by atoms with Crippen LogP contribution < -0.4 is 10.1 Å². The molecule has 0 saturated heterocycles. The second kappa shape index (κ2) is 9.17. The summed E-state index contributed by atoms with van der Waals surface area (Å²) in [6.07, 6.45) is 3.89. The smallest absolute Gasteiger partial charge is 0.238 e. The van der Waals surface area contributed by atoms with Crippen molar-refractivity contribution in [2.24, 2.45) is 0 Å². The molecule has 1 amide bonds. The third kappa shape index (κ3) is 4.41. The Morgan fingerprint density at radius 3 is 2.67 bits per heavy atom. The Labute approximate surface area is 180 Å². The quantitative estimate of drug-likeness (QED) is 0.414. The molecule has 1 N–H and O–H groups in total. The maximum absolute atomic E-state index is 13.0. The molecule has 1 aliphatic carbocycles. The van der Waals surface area contributed by atoms with E-state index >= 15 is 0 Å². The van der Waals surface area contributed by atoms with Crippen molar-refractivity contribution in [3.05, 3.63) is 72.8 Å². The van der Waals surface area contributed by atoms with Crippen LogP contribution in [0, 0.1) is 0 Å². The molecule has 154 valence electrons. The summed E-state index contributed by atoms with van der Waals surface area (Å²) in [7, 11) is 1.64. The fraction of sp³-hybridized carbons (Fsp3) is 0.261. The van der Waals surface area contributed by atoms with E-state index in [1.807, 2.05) is 59.2 Å². The fourth-order valence-corrected chi connectivity index (χ4v) is 4.26. The highest BCUT2D eigenvalue weighted by Crippen LogP contribution is 2.38. The number of nitrogens with one attached hydrogen (secondary N) is 1. The Bertz CT molecular complexity index is 1030. The van der Waals surface area contributed by atoms with E-state index in [1.165, 1.54) is 11.8 Å². The molecule has 0 unspecified atom stereocenters. The van der Waals surface area contributed by atoms with Gasteiger partial charge in [-0.3, -0.25) is 9.36 Å². The van der Waals surface area contributed by atoms with Crippen LogP contribution in [0.2, 0.25) is 0 Å². The standard InChI is InChI=1S/C23H24N4O2S/c1-3-15-27-21(18-11-7-8-12-19(18)29-2)25-26-23(27)30-20(16-9-5-4-6-10-16)22(28)24-17-13-14-17/h3-12,17,20H,1,13-15H2,2H3,(H,24,28)/t20-/m1/s1. The van der Waals surface area contributed by atoms with Crippen LogP contribution in [0.25, 0.3) is 11.4 Å². The van der Waals surface area contributed by atoms with Crippen molar-refractivity contribution in [1.29, 1.82) is 0 Å². The molecule has 0 aliphatic heterocycles. The van der Waals surface area contributed by atoms with E-state index in [9.17, 15) is 4.79 Å². The van der Waals surface area contributed by atoms with Crippen LogP contribution in [0.5, 0.6) is 5.75 Å². The van der Waals surface area contributed by atoms with Crippen LogP contribution in [0.4, 0.5) is 0 Å². The van der Waals surface area contributed by atoms with Gasteiger partial charge in [0.05, 0.1) is 12.7 Å². The molecule has 0 radical (unpaired) electrons. The van der Waals surface area contributed by atoms with Crippen LogP contribution in [0.15, 0.2) is 72.4 Å². The molecular weight excluding hydrogens is 396 g/mol. The SMILES string of the molecule is C=CCn1c(S[C@@H](C(=O)NC2CC2)c2ccccc2)nnc1-c1ccccc1OC. The molecule has 3 aromatic rings. The third-order valence-electron chi connectivity index (χ3n) is 4.86. The molecule has 1 fully saturated rings. The van der Waals surface area contributed by atoms with Crippen LogP contribution in [0.1, 0.15) is 23.7 Å². The minimum Gasteiger partial charge on any atom is -0.496 e. The minimum atomic E-state index is -0.412. The molecular formula is C23H24N4O2S. The Kier molecular flexibility index (Phi) is 6.18. The average Bonchev–Trinajstić information content (AvgIpc) is 3.51. The summed E-state index contributed by atoms with van der Waals surface area (Å²) < 4.78 is 7.47. The van der Waals surface area contributed by atoms with Gasteiger partial charge in [-0.15, -0.1) is 16.8 Å². The molecule has 1 saturated carbocycles. The van der Waals surface area contributed by atoms with E-state index < -0.39 is 5.25 Å². The van der Waals surface area contributed by atoms with Crippen molar-refractivity contribution < 1.29 is 9.53 Å². The first-order valence-corrected chi connectivity index (χ1v) is 10.8. The van der Waals surface area contributed by atoms with Crippen LogP contribution >= 0.6 is 11.8 Å². The zero-order valence-electron chi connectivity index (χ0n) is 16.8. The highest BCUT2D eigenvalue weighted by Gasteiger charge is 2.30. The topological polar surface area (TPSA) is 69.0 Å². The number of hydrogen-bond acceptors (Lipinski definition) is 5. The minimum absolute atomic E-state index is 0.000643. The lowest BCUT2D eigenvalue weighted by Crippen LogP contribution is -2.30. The summed E-state index contributed by atoms with van der Waals surface area (Å²) >= 11 is 1.40. The van der Waals surface area contributed by atoms with Crippen molar-refractivity contribution >= 4 is 17.7 Å². The predicted octanol–water partition coefficient (Wildman–Crippen LogP) is 4.25. The molecule has 1 heterocycles. The van der Waals surface area contributed by atoms with E-state index in [2.05, 4.69) is 22.1 Å². The largest absolute Gasteiger partial charge is 0.496 e. The van der Waals surface area contributed by atoms with Crippen molar-refractivity contribution in [1.82, 2.24) is 20.1 Å². The summed E-state index contributed by atoms with van der Waals surface area (Å²) in [5.74, 6) is 1.41. The van der Waals surface area contributed by atoms with E-state index in [1.54, 1.807) is 13.2 Å². The summed E-state index contributed by atoms with van der Waals surface area (Å²) in [6.45, 7) is 4.40. The van der Waals surface area contributed by atoms with Crippen molar-refractivity contribution in [3.63, 3.8) is 0 Å². The first-order valence-electron chi connectivity index (χ1n) is 9.90. The number of hydrogen-bond donors (Lipinski definition) is 1. The number of carbonyl (C=O) groups excluding carboxylic acids is 1. The predicted molar refractivity (Wildman–Crippen MR) is 118 cm³/mol. The number of nitrogens with zero attached hydrogens (tertiary/aromatic N) is 3. The van der Waals surface area contributed by atoms with Gasteiger partial charge in [0.2, 0.25) is 5.91 Å². The summed E-state index contributed by atoms with van der Waals surface area (Å²) in [5, 5.41) is 12.2. The fourth-order valence-electron chi connectivity index (χ4n) is 3.21. The Morgan fingerprint density at radius 2 is 1.97 bits per heavy atom. The van der Waals surface area contributed by atoms with Crippen LogP contribution in [-0.2, 0) is 11.3 Å². The lowest BCUT2D eigenvalue weighted by Gasteiger charge is -2.17. The van der Waals surface area contributed by atoms with E-state index in [-0.39, 0.29) is 5.91 Å². The summed E-state index contributed by atoms with van der Waals surface area (Å²) in [4.78, 5) is 13.0. The van der Waals surface area contributed by atoms with E-state index in [4.69, 9.17) is 4.74 Å². The molecule has 4 rings (SSSR count). The number of allylic oxidation sites excluding steroid dienone is 1. The zero-order valence-corrected chi connectivity index (χ0v) is 17.6. The number of methoxy groups -OCH3 is 1. The van der Waals surface area contributed by atoms with Gasteiger partial charge in [-0.25, -0.2) is 0 Å². The van der Waals surface area contributed by atoms with Gasteiger partial charge in [0.15, 0.2) is 11.0 Å². The third-order valence-corrected chi connectivity index (χ3v) is 6.10. The molecule has 1 atom stereocenters. The number of carbonyl (C=O) groups is 1. The van der Waals surface area contributed by atoms with Crippen molar-refractivity contribution in [3.8, 4) is 17.1 Å². The van der Waals surface area contributed by atoms with Crippen LogP contribution in [-0.4, -0.2) is 33.8 Å².